The van der Waals surface area contributed by atoms with Gasteiger partial charge < -0.3 is 10.1 Å². The minimum Gasteiger partial charge on any atom is -0.383 e. The molecule has 0 fully saturated rings. The van der Waals surface area contributed by atoms with E-state index in [1.54, 1.807) is 18.9 Å². The summed E-state index contributed by atoms with van der Waals surface area (Å²) < 4.78 is 4.96. The Balaban J connectivity index is 1.94. The lowest BCUT2D eigenvalue weighted by Gasteiger charge is -2.08. The quantitative estimate of drug-likeness (QED) is 0.835. The standard InChI is InChI=1S/C19H20N2O2S/c1-3-15-14-6-4-5-7-17(14)24-18-9-8-13(12-16(18)21-15)19(22)20-10-11-23-2/h4-9,12H,3,10-11H2,1-2H3,(H,20,22). The second-order valence-electron chi connectivity index (χ2n) is 5.44. The highest BCUT2D eigenvalue weighted by Crippen LogP contribution is 2.40. The van der Waals surface area contributed by atoms with E-state index in [-0.39, 0.29) is 5.91 Å². The molecule has 1 N–H and O–H groups in total. The molecule has 1 heterocycles. The Kier molecular flexibility index (Phi) is 5.33. The molecule has 2 aromatic rings. The van der Waals surface area contributed by atoms with Crippen LogP contribution in [0.3, 0.4) is 0 Å². The summed E-state index contributed by atoms with van der Waals surface area (Å²) in [6.07, 6.45) is 0.848. The first-order valence-electron chi connectivity index (χ1n) is 7.99. The zero-order valence-electron chi connectivity index (χ0n) is 13.8. The van der Waals surface area contributed by atoms with E-state index in [4.69, 9.17) is 9.73 Å². The van der Waals surface area contributed by atoms with Crippen molar-refractivity contribution < 1.29 is 9.53 Å². The maximum Gasteiger partial charge on any atom is 0.251 e. The van der Waals surface area contributed by atoms with Crippen LogP contribution in [0.5, 0.6) is 0 Å². The van der Waals surface area contributed by atoms with Crippen LogP contribution in [0.15, 0.2) is 57.2 Å². The van der Waals surface area contributed by atoms with E-state index in [9.17, 15) is 4.79 Å². The minimum absolute atomic E-state index is 0.102. The molecular weight excluding hydrogens is 320 g/mol. The highest BCUT2D eigenvalue weighted by Gasteiger charge is 2.17. The lowest BCUT2D eigenvalue weighted by atomic mass is 10.1. The van der Waals surface area contributed by atoms with Gasteiger partial charge in [0.15, 0.2) is 0 Å². The molecule has 0 spiro atoms. The topological polar surface area (TPSA) is 50.7 Å². The second kappa shape index (κ2) is 7.64. The monoisotopic (exact) mass is 340 g/mol. The maximum atomic E-state index is 12.2. The normalized spacial score (nSPS) is 12.7. The fourth-order valence-corrected chi connectivity index (χ4v) is 3.61. The molecule has 0 aliphatic carbocycles. The Hall–Kier alpha value is -2.11. The molecule has 0 saturated heterocycles. The van der Waals surface area contributed by atoms with E-state index in [2.05, 4.69) is 24.4 Å². The number of rotatable bonds is 5. The van der Waals surface area contributed by atoms with Gasteiger partial charge in [0.25, 0.3) is 5.91 Å². The van der Waals surface area contributed by atoms with Crippen molar-refractivity contribution in [2.45, 2.75) is 23.1 Å². The van der Waals surface area contributed by atoms with Crippen LogP contribution in [-0.4, -0.2) is 31.9 Å². The van der Waals surface area contributed by atoms with Crippen molar-refractivity contribution in [1.82, 2.24) is 5.32 Å². The van der Waals surface area contributed by atoms with Crippen molar-refractivity contribution in [2.24, 2.45) is 4.99 Å². The Morgan fingerprint density at radius 1 is 1.21 bits per heavy atom. The van der Waals surface area contributed by atoms with Crippen LogP contribution in [0, 0.1) is 0 Å². The van der Waals surface area contributed by atoms with Crippen molar-refractivity contribution in [1.29, 1.82) is 0 Å². The Morgan fingerprint density at radius 3 is 2.83 bits per heavy atom. The van der Waals surface area contributed by atoms with Crippen molar-refractivity contribution in [3.63, 3.8) is 0 Å². The number of methoxy groups -OCH3 is 1. The van der Waals surface area contributed by atoms with E-state index < -0.39 is 0 Å². The Labute approximate surface area is 146 Å². The first-order chi connectivity index (χ1) is 11.7. The van der Waals surface area contributed by atoms with Gasteiger partial charge in [-0.25, -0.2) is 0 Å². The van der Waals surface area contributed by atoms with E-state index in [1.807, 2.05) is 30.3 Å². The van der Waals surface area contributed by atoms with Crippen molar-refractivity contribution in [2.75, 3.05) is 20.3 Å². The Morgan fingerprint density at radius 2 is 2.04 bits per heavy atom. The van der Waals surface area contributed by atoms with Crippen LogP contribution in [0.25, 0.3) is 0 Å². The van der Waals surface area contributed by atoms with Gasteiger partial charge >= 0.3 is 0 Å². The summed E-state index contributed by atoms with van der Waals surface area (Å²) in [5.74, 6) is -0.102. The van der Waals surface area contributed by atoms with Crippen molar-refractivity contribution in [3.05, 3.63) is 53.6 Å². The van der Waals surface area contributed by atoms with Gasteiger partial charge in [-0.2, -0.15) is 0 Å². The minimum atomic E-state index is -0.102. The first kappa shape index (κ1) is 16.7. The number of hydrogen-bond donors (Lipinski definition) is 1. The number of nitrogens with one attached hydrogen (secondary N) is 1. The van der Waals surface area contributed by atoms with Crippen LogP contribution in [0.1, 0.15) is 29.3 Å². The van der Waals surface area contributed by atoms with E-state index in [0.29, 0.717) is 18.7 Å². The molecule has 0 unspecified atom stereocenters. The summed E-state index contributed by atoms with van der Waals surface area (Å²) in [6, 6.07) is 14.0. The number of hydrogen-bond acceptors (Lipinski definition) is 4. The predicted molar refractivity (Wildman–Crippen MR) is 97.7 cm³/mol. The third kappa shape index (κ3) is 3.52. The van der Waals surface area contributed by atoms with Crippen LogP contribution < -0.4 is 5.32 Å². The van der Waals surface area contributed by atoms with Gasteiger partial charge in [0.1, 0.15) is 0 Å². The van der Waals surface area contributed by atoms with Gasteiger partial charge in [-0.3, -0.25) is 9.79 Å². The number of amides is 1. The molecule has 4 nitrogen and oxygen atoms in total. The van der Waals surface area contributed by atoms with Gasteiger partial charge in [-0.05, 0) is 30.7 Å². The smallest absolute Gasteiger partial charge is 0.251 e. The largest absolute Gasteiger partial charge is 0.383 e. The summed E-state index contributed by atoms with van der Waals surface area (Å²) in [5.41, 5.74) is 3.70. The molecule has 2 aromatic carbocycles. The Bertz CT molecular complexity index is 787. The van der Waals surface area contributed by atoms with Gasteiger partial charge in [-0.15, -0.1) is 0 Å². The highest BCUT2D eigenvalue weighted by molar-refractivity contribution is 7.99. The predicted octanol–water partition coefficient (Wildman–Crippen LogP) is 4.06. The summed E-state index contributed by atoms with van der Waals surface area (Å²) in [4.78, 5) is 19.3. The molecule has 1 aliphatic heterocycles. The molecule has 0 aromatic heterocycles. The number of ether oxygens (including phenoxy) is 1. The number of nitrogens with zero attached hydrogens (tertiary/aromatic N) is 1. The molecule has 0 radical (unpaired) electrons. The van der Waals surface area contributed by atoms with Crippen LogP contribution in [0.2, 0.25) is 0 Å². The third-order valence-corrected chi connectivity index (χ3v) is 4.96. The molecule has 124 valence electrons. The van der Waals surface area contributed by atoms with Crippen molar-refractivity contribution >= 4 is 29.1 Å². The molecular formula is C19H20N2O2S. The molecule has 0 bridgehead atoms. The maximum absolute atomic E-state index is 12.2. The molecule has 5 heteroatoms. The fourth-order valence-electron chi connectivity index (χ4n) is 2.59. The van der Waals surface area contributed by atoms with Gasteiger partial charge in [0.2, 0.25) is 0 Å². The summed E-state index contributed by atoms with van der Waals surface area (Å²) in [7, 11) is 1.62. The van der Waals surface area contributed by atoms with Crippen LogP contribution in [0.4, 0.5) is 5.69 Å². The number of carbonyl (C=O) groups is 1. The number of benzene rings is 2. The summed E-state index contributed by atoms with van der Waals surface area (Å²) in [6.45, 7) is 3.10. The summed E-state index contributed by atoms with van der Waals surface area (Å²) >= 11 is 1.70. The van der Waals surface area contributed by atoms with Gasteiger partial charge in [-0.1, -0.05) is 36.9 Å². The molecule has 0 saturated carbocycles. The zero-order chi connectivity index (χ0) is 16.9. The first-order valence-corrected chi connectivity index (χ1v) is 8.80. The SMILES string of the molecule is CCC1=Nc2cc(C(=O)NCCOC)ccc2Sc2ccccc21. The molecule has 24 heavy (non-hydrogen) atoms. The number of aliphatic imine (C=N–C) groups is 1. The van der Waals surface area contributed by atoms with Gasteiger partial charge in [0.05, 0.1) is 12.3 Å². The van der Waals surface area contributed by atoms with Gasteiger partial charge in [0, 0.05) is 40.3 Å². The summed E-state index contributed by atoms with van der Waals surface area (Å²) in [5, 5.41) is 2.85. The molecule has 0 atom stereocenters. The average Bonchev–Trinajstić information content (AvgIpc) is 2.77. The third-order valence-electron chi connectivity index (χ3n) is 3.82. The van der Waals surface area contributed by atoms with Crippen molar-refractivity contribution in [3.8, 4) is 0 Å². The number of fused-ring (bicyclic) bond motifs is 2. The van der Waals surface area contributed by atoms with E-state index >= 15 is 0 Å². The lowest BCUT2D eigenvalue weighted by Crippen LogP contribution is -2.26. The number of carbonyl (C=O) groups excluding carboxylic acids is 1. The molecule has 1 aliphatic rings. The van der Waals surface area contributed by atoms with Crippen LogP contribution >= 0.6 is 11.8 Å². The van der Waals surface area contributed by atoms with E-state index in [0.717, 1.165) is 22.7 Å². The highest BCUT2D eigenvalue weighted by atomic mass is 32.2. The molecule has 1 amide bonds. The van der Waals surface area contributed by atoms with E-state index in [1.165, 1.54) is 10.5 Å². The zero-order valence-corrected chi connectivity index (χ0v) is 14.7. The van der Waals surface area contributed by atoms with Crippen LogP contribution in [-0.2, 0) is 4.74 Å². The fraction of sp³-hybridized carbons (Fsp3) is 0.263. The molecule has 3 rings (SSSR count). The second-order valence-corrected chi connectivity index (χ2v) is 6.53. The lowest BCUT2D eigenvalue weighted by molar-refractivity contribution is 0.0937. The average molecular weight is 340 g/mol.